The molecule has 16 heavy (non-hydrogen) atoms. The molecule has 0 aromatic carbocycles. The largest absolute Gasteiger partial charge is 0.396 e. The van der Waals surface area contributed by atoms with Crippen molar-refractivity contribution in [1.29, 1.82) is 0 Å². The summed E-state index contributed by atoms with van der Waals surface area (Å²) in [7, 11) is 0. The standard InChI is InChI=1S/C12H13N3O/c1-7-10(8(2)16)11(13)12(15-7)9-5-3-4-6-14-9/h3-6,15H,13H2,1-2H3. The van der Waals surface area contributed by atoms with E-state index in [0.717, 1.165) is 11.4 Å². The number of aryl methyl sites for hydroxylation is 1. The number of nitrogen functional groups attached to an aromatic ring is 1. The van der Waals surface area contributed by atoms with Crippen LogP contribution in [-0.4, -0.2) is 15.8 Å². The number of aromatic amines is 1. The van der Waals surface area contributed by atoms with Gasteiger partial charge in [0.1, 0.15) is 0 Å². The van der Waals surface area contributed by atoms with Crippen molar-refractivity contribution in [2.75, 3.05) is 5.73 Å². The predicted molar refractivity (Wildman–Crippen MR) is 63.2 cm³/mol. The summed E-state index contributed by atoms with van der Waals surface area (Å²) in [4.78, 5) is 18.7. The minimum absolute atomic E-state index is 0.0339. The van der Waals surface area contributed by atoms with Gasteiger partial charge >= 0.3 is 0 Å². The molecule has 4 heteroatoms. The lowest BCUT2D eigenvalue weighted by molar-refractivity contribution is 0.101. The number of anilines is 1. The van der Waals surface area contributed by atoms with Crippen LogP contribution in [0.4, 0.5) is 5.69 Å². The molecule has 0 aliphatic carbocycles. The van der Waals surface area contributed by atoms with Gasteiger partial charge in [0.05, 0.1) is 22.6 Å². The molecular formula is C12H13N3O. The second-order valence-corrected chi connectivity index (χ2v) is 3.68. The van der Waals surface area contributed by atoms with Crippen molar-refractivity contribution in [1.82, 2.24) is 9.97 Å². The second-order valence-electron chi connectivity index (χ2n) is 3.68. The van der Waals surface area contributed by atoms with E-state index in [2.05, 4.69) is 9.97 Å². The summed E-state index contributed by atoms with van der Waals surface area (Å²) in [6, 6.07) is 5.57. The first-order chi connectivity index (χ1) is 7.61. The molecule has 2 heterocycles. The average Bonchev–Trinajstić information content (AvgIpc) is 2.55. The Kier molecular flexibility index (Phi) is 2.48. The van der Waals surface area contributed by atoms with Crippen LogP contribution in [0.25, 0.3) is 11.4 Å². The third-order valence-electron chi connectivity index (χ3n) is 2.50. The van der Waals surface area contributed by atoms with Crippen LogP contribution in [-0.2, 0) is 0 Å². The molecule has 0 bridgehead atoms. The van der Waals surface area contributed by atoms with Gasteiger partial charge < -0.3 is 10.7 Å². The number of hydrogen-bond donors (Lipinski definition) is 2. The normalized spacial score (nSPS) is 10.4. The molecule has 82 valence electrons. The number of hydrogen-bond acceptors (Lipinski definition) is 3. The second kappa shape index (κ2) is 3.81. The summed E-state index contributed by atoms with van der Waals surface area (Å²) in [5.41, 5.74) is 9.22. The molecule has 0 amide bonds. The lowest BCUT2D eigenvalue weighted by Crippen LogP contribution is -1.98. The Hall–Kier alpha value is -2.10. The summed E-state index contributed by atoms with van der Waals surface area (Å²) >= 11 is 0. The fourth-order valence-electron chi connectivity index (χ4n) is 1.81. The Bertz CT molecular complexity index is 529. The van der Waals surface area contributed by atoms with Gasteiger partial charge in [0.15, 0.2) is 5.78 Å². The lowest BCUT2D eigenvalue weighted by Gasteiger charge is -1.99. The van der Waals surface area contributed by atoms with Gasteiger partial charge in [-0.2, -0.15) is 0 Å². The molecule has 4 nitrogen and oxygen atoms in total. The molecule has 0 aliphatic heterocycles. The van der Waals surface area contributed by atoms with Gasteiger partial charge in [0.25, 0.3) is 0 Å². The first-order valence-electron chi connectivity index (χ1n) is 5.01. The SMILES string of the molecule is CC(=O)c1c(C)[nH]c(-c2ccccn2)c1N. The van der Waals surface area contributed by atoms with Crippen molar-refractivity contribution in [3.05, 3.63) is 35.7 Å². The van der Waals surface area contributed by atoms with E-state index in [1.165, 1.54) is 6.92 Å². The van der Waals surface area contributed by atoms with Crippen LogP contribution in [0.5, 0.6) is 0 Å². The van der Waals surface area contributed by atoms with Crippen LogP contribution in [0.1, 0.15) is 23.0 Å². The summed E-state index contributed by atoms with van der Waals surface area (Å²) < 4.78 is 0. The molecular weight excluding hydrogens is 202 g/mol. The van der Waals surface area contributed by atoms with Gasteiger partial charge in [0, 0.05) is 11.9 Å². The maximum Gasteiger partial charge on any atom is 0.163 e. The Labute approximate surface area is 93.5 Å². The quantitative estimate of drug-likeness (QED) is 0.754. The first kappa shape index (κ1) is 10.4. The predicted octanol–water partition coefficient (Wildman–Crippen LogP) is 2.17. The molecule has 0 unspecified atom stereocenters. The average molecular weight is 215 g/mol. The van der Waals surface area contributed by atoms with E-state index in [0.29, 0.717) is 16.9 Å². The highest BCUT2D eigenvalue weighted by atomic mass is 16.1. The number of H-pyrrole nitrogens is 1. The number of nitrogens with zero attached hydrogens (tertiary/aromatic N) is 1. The van der Waals surface area contributed by atoms with Crippen LogP contribution >= 0.6 is 0 Å². The number of aromatic nitrogens is 2. The molecule has 0 saturated carbocycles. The van der Waals surface area contributed by atoms with Gasteiger partial charge in [-0.3, -0.25) is 9.78 Å². The van der Waals surface area contributed by atoms with Crippen molar-refractivity contribution >= 4 is 11.5 Å². The zero-order valence-corrected chi connectivity index (χ0v) is 9.24. The molecule has 0 radical (unpaired) electrons. The number of carbonyl (C=O) groups is 1. The fourth-order valence-corrected chi connectivity index (χ4v) is 1.81. The maximum absolute atomic E-state index is 11.4. The third-order valence-corrected chi connectivity index (χ3v) is 2.50. The summed E-state index contributed by atoms with van der Waals surface area (Å²) in [5.74, 6) is -0.0339. The van der Waals surface area contributed by atoms with Crippen molar-refractivity contribution in [2.45, 2.75) is 13.8 Å². The highest BCUT2D eigenvalue weighted by Crippen LogP contribution is 2.29. The number of ketones is 1. The summed E-state index contributed by atoms with van der Waals surface area (Å²) in [6.45, 7) is 3.34. The van der Waals surface area contributed by atoms with E-state index in [9.17, 15) is 4.79 Å². The van der Waals surface area contributed by atoms with E-state index in [1.807, 2.05) is 25.1 Å². The molecule has 2 aromatic heterocycles. The Balaban J connectivity index is 2.61. The number of nitrogens with two attached hydrogens (primary N) is 1. The summed E-state index contributed by atoms with van der Waals surface area (Å²) in [5, 5.41) is 0. The third kappa shape index (κ3) is 1.58. The Morgan fingerprint density at radius 1 is 1.44 bits per heavy atom. The molecule has 0 fully saturated rings. The zero-order valence-electron chi connectivity index (χ0n) is 9.24. The lowest BCUT2D eigenvalue weighted by atomic mass is 10.1. The Morgan fingerprint density at radius 3 is 2.69 bits per heavy atom. The van der Waals surface area contributed by atoms with Crippen LogP contribution in [0.15, 0.2) is 24.4 Å². The molecule has 2 rings (SSSR count). The van der Waals surface area contributed by atoms with Crippen LogP contribution in [0.2, 0.25) is 0 Å². The topological polar surface area (TPSA) is 71.8 Å². The highest BCUT2D eigenvalue weighted by Gasteiger charge is 2.17. The van der Waals surface area contributed by atoms with Gasteiger partial charge in [-0.05, 0) is 26.0 Å². The number of carbonyl (C=O) groups excluding carboxylic acids is 1. The minimum atomic E-state index is -0.0339. The molecule has 0 aliphatic rings. The van der Waals surface area contributed by atoms with Crippen LogP contribution in [0.3, 0.4) is 0 Å². The van der Waals surface area contributed by atoms with Crippen LogP contribution in [0, 0.1) is 6.92 Å². The van der Waals surface area contributed by atoms with Crippen molar-refractivity contribution in [2.24, 2.45) is 0 Å². The molecule has 0 atom stereocenters. The fraction of sp³-hybridized carbons (Fsp3) is 0.167. The summed E-state index contributed by atoms with van der Waals surface area (Å²) in [6.07, 6.45) is 1.69. The number of nitrogens with one attached hydrogen (secondary N) is 1. The van der Waals surface area contributed by atoms with E-state index in [1.54, 1.807) is 6.20 Å². The number of rotatable bonds is 2. The van der Waals surface area contributed by atoms with Gasteiger partial charge in [0.2, 0.25) is 0 Å². The number of Topliss-reactive ketones (excluding diaryl/α,β-unsaturated/α-hetero) is 1. The molecule has 0 spiro atoms. The monoisotopic (exact) mass is 215 g/mol. The molecule has 0 saturated heterocycles. The smallest absolute Gasteiger partial charge is 0.163 e. The maximum atomic E-state index is 11.4. The van der Waals surface area contributed by atoms with E-state index < -0.39 is 0 Å². The van der Waals surface area contributed by atoms with E-state index >= 15 is 0 Å². The molecule has 2 aromatic rings. The number of pyridine rings is 1. The van der Waals surface area contributed by atoms with Gasteiger partial charge in [-0.25, -0.2) is 0 Å². The highest BCUT2D eigenvalue weighted by molar-refractivity contribution is 6.03. The first-order valence-corrected chi connectivity index (χ1v) is 5.01. The van der Waals surface area contributed by atoms with Gasteiger partial charge in [-0.15, -0.1) is 0 Å². The van der Waals surface area contributed by atoms with E-state index in [4.69, 9.17) is 5.73 Å². The van der Waals surface area contributed by atoms with Crippen molar-refractivity contribution < 1.29 is 4.79 Å². The zero-order chi connectivity index (χ0) is 11.7. The van der Waals surface area contributed by atoms with Crippen LogP contribution < -0.4 is 5.73 Å². The van der Waals surface area contributed by atoms with Crippen molar-refractivity contribution in [3.8, 4) is 11.4 Å². The van der Waals surface area contributed by atoms with E-state index in [-0.39, 0.29) is 5.78 Å². The van der Waals surface area contributed by atoms with Gasteiger partial charge in [-0.1, -0.05) is 6.07 Å². The Morgan fingerprint density at radius 2 is 2.19 bits per heavy atom. The minimum Gasteiger partial charge on any atom is -0.396 e. The molecule has 3 N–H and O–H groups in total. The van der Waals surface area contributed by atoms with Crippen molar-refractivity contribution in [3.63, 3.8) is 0 Å².